The summed E-state index contributed by atoms with van der Waals surface area (Å²) in [7, 11) is 0. The highest BCUT2D eigenvalue weighted by atomic mass is 32.1. The van der Waals surface area contributed by atoms with Crippen LogP contribution in [0.1, 0.15) is 43.2 Å². The quantitative estimate of drug-likeness (QED) is 0.147. The van der Waals surface area contributed by atoms with Crippen LogP contribution >= 0.6 is 11.3 Å². The fraction of sp³-hybridized carbons (Fsp3) is 0.143. The van der Waals surface area contributed by atoms with E-state index in [1.165, 1.54) is 119 Å². The van der Waals surface area contributed by atoms with Gasteiger partial charge in [0, 0.05) is 42.5 Å². The summed E-state index contributed by atoms with van der Waals surface area (Å²) in [4.78, 5) is 2.48. The molecule has 4 bridgehead atoms. The van der Waals surface area contributed by atoms with Crippen LogP contribution in [0.2, 0.25) is 0 Å². The van der Waals surface area contributed by atoms with Gasteiger partial charge in [-0.05, 0) is 171 Å². The summed E-state index contributed by atoms with van der Waals surface area (Å²) in [5.41, 5.74) is 22.0. The summed E-state index contributed by atoms with van der Waals surface area (Å²) in [6.45, 7) is 0. The fourth-order valence-electron chi connectivity index (χ4n) is 14.8. The molecule has 0 radical (unpaired) electrons. The van der Waals surface area contributed by atoms with E-state index in [2.05, 4.69) is 241 Å². The Kier molecular flexibility index (Phi) is 9.70. The number of fused-ring (bicyclic) bond motifs is 6. The molecular formula is C70H53NS. The zero-order valence-corrected chi connectivity index (χ0v) is 41.0. The highest BCUT2D eigenvalue weighted by molar-refractivity contribution is 7.26. The van der Waals surface area contributed by atoms with Crippen molar-refractivity contribution in [3.63, 3.8) is 0 Å². The third kappa shape index (κ3) is 6.44. The minimum Gasteiger partial charge on any atom is -0.310 e. The largest absolute Gasteiger partial charge is 0.310 e. The maximum absolute atomic E-state index is 2.62. The van der Waals surface area contributed by atoms with Crippen LogP contribution in [0.15, 0.2) is 237 Å². The molecule has 344 valence electrons. The van der Waals surface area contributed by atoms with Crippen molar-refractivity contribution in [3.8, 4) is 66.8 Å². The maximum atomic E-state index is 2.62. The van der Waals surface area contributed by atoms with Crippen molar-refractivity contribution < 1.29 is 0 Å². The van der Waals surface area contributed by atoms with Gasteiger partial charge in [0.25, 0.3) is 0 Å². The number of rotatable bonds is 8. The molecule has 0 N–H and O–H groups in total. The van der Waals surface area contributed by atoms with E-state index in [1.807, 2.05) is 11.3 Å². The number of hydrogen-bond donors (Lipinski definition) is 0. The lowest BCUT2D eigenvalue weighted by molar-refractivity contribution is -0.0399. The lowest BCUT2D eigenvalue weighted by atomic mass is 9.43. The Balaban J connectivity index is 0.862. The second-order valence-corrected chi connectivity index (χ2v) is 22.2. The molecular weight excluding hydrogens is 887 g/mol. The Morgan fingerprint density at radius 2 is 0.833 bits per heavy atom. The summed E-state index contributed by atoms with van der Waals surface area (Å²) in [6.07, 6.45) is 7.03. The molecule has 2 heteroatoms. The number of nitrogens with zero attached hydrogens (tertiary/aromatic N) is 1. The van der Waals surface area contributed by atoms with Gasteiger partial charge in [-0.3, -0.25) is 0 Å². The van der Waals surface area contributed by atoms with Crippen LogP contribution < -0.4 is 4.90 Å². The number of anilines is 3. The summed E-state index contributed by atoms with van der Waals surface area (Å²) >= 11 is 1.89. The zero-order valence-electron chi connectivity index (χ0n) is 40.2. The highest BCUT2D eigenvalue weighted by Gasteiger charge is 2.61. The summed E-state index contributed by atoms with van der Waals surface area (Å²) in [6, 6.07) is 88.9. The van der Waals surface area contributed by atoms with Crippen LogP contribution in [-0.2, 0) is 5.41 Å². The van der Waals surface area contributed by atoms with Crippen LogP contribution in [0.3, 0.4) is 0 Å². The lowest BCUT2D eigenvalue weighted by Gasteiger charge is -2.61. The Labute approximate surface area is 426 Å². The summed E-state index contributed by atoms with van der Waals surface area (Å²) in [5, 5.41) is 2.65. The SMILES string of the molecule is c1ccc(-c2ccccc2-c2ccccc2-c2ccccc2N(c2ccc(-c3ccc4c(c3)C3(c5ccccc5-4)C4CC5CC(C4)CC3C5)cc2)c2ccc(-c3cccc4c3sc3ccccc34)cc2)cc1. The third-order valence-corrected chi connectivity index (χ3v) is 18.7. The number of para-hydroxylation sites is 1. The van der Waals surface area contributed by atoms with Gasteiger partial charge in [-0.25, -0.2) is 0 Å². The van der Waals surface area contributed by atoms with Crippen molar-refractivity contribution in [1.29, 1.82) is 0 Å². The van der Waals surface area contributed by atoms with Crippen LogP contribution in [0, 0.1) is 23.7 Å². The maximum Gasteiger partial charge on any atom is 0.0540 e. The first-order valence-electron chi connectivity index (χ1n) is 26.2. The minimum absolute atomic E-state index is 0.141. The fourth-order valence-corrected chi connectivity index (χ4v) is 16.0. The molecule has 72 heavy (non-hydrogen) atoms. The van der Waals surface area contributed by atoms with E-state index in [4.69, 9.17) is 0 Å². The van der Waals surface area contributed by atoms with E-state index >= 15 is 0 Å². The topological polar surface area (TPSA) is 3.24 Å². The molecule has 0 atom stereocenters. The van der Waals surface area contributed by atoms with E-state index < -0.39 is 0 Å². The molecule has 4 fully saturated rings. The molecule has 4 saturated carbocycles. The Morgan fingerprint density at radius 3 is 1.56 bits per heavy atom. The number of thiophene rings is 1. The van der Waals surface area contributed by atoms with Gasteiger partial charge >= 0.3 is 0 Å². The van der Waals surface area contributed by atoms with Crippen molar-refractivity contribution in [2.45, 2.75) is 37.5 Å². The van der Waals surface area contributed by atoms with Crippen molar-refractivity contribution in [2.75, 3.05) is 4.90 Å². The monoisotopic (exact) mass is 939 g/mol. The van der Waals surface area contributed by atoms with Crippen LogP contribution in [0.4, 0.5) is 17.1 Å². The lowest BCUT2D eigenvalue weighted by Crippen LogP contribution is -2.55. The predicted molar refractivity (Wildman–Crippen MR) is 304 cm³/mol. The van der Waals surface area contributed by atoms with Crippen LogP contribution in [-0.4, -0.2) is 0 Å². The number of benzene rings is 10. The van der Waals surface area contributed by atoms with E-state index in [0.717, 1.165) is 40.7 Å². The molecule has 1 heterocycles. The van der Waals surface area contributed by atoms with Crippen molar-refractivity contribution in [3.05, 3.63) is 248 Å². The van der Waals surface area contributed by atoms with Crippen LogP contribution in [0.25, 0.3) is 86.9 Å². The molecule has 1 aromatic heterocycles. The van der Waals surface area contributed by atoms with Crippen molar-refractivity contribution in [1.82, 2.24) is 0 Å². The minimum atomic E-state index is 0.141. The first-order chi connectivity index (χ1) is 35.7. The Bertz CT molecular complexity index is 3850. The predicted octanol–water partition coefficient (Wildman–Crippen LogP) is 19.6. The van der Waals surface area contributed by atoms with E-state index in [9.17, 15) is 0 Å². The molecule has 10 aromatic carbocycles. The van der Waals surface area contributed by atoms with Gasteiger partial charge in [0.15, 0.2) is 0 Å². The van der Waals surface area contributed by atoms with Gasteiger partial charge in [0.05, 0.1) is 5.69 Å². The third-order valence-electron chi connectivity index (χ3n) is 17.5. The van der Waals surface area contributed by atoms with E-state index in [-0.39, 0.29) is 5.41 Å². The molecule has 0 amide bonds. The molecule has 0 aliphatic heterocycles. The van der Waals surface area contributed by atoms with E-state index in [0.29, 0.717) is 0 Å². The first kappa shape index (κ1) is 42.0. The molecule has 5 aliphatic rings. The molecule has 16 rings (SSSR count). The zero-order chi connectivity index (χ0) is 47.3. The van der Waals surface area contributed by atoms with Crippen molar-refractivity contribution >= 4 is 48.6 Å². The highest BCUT2D eigenvalue weighted by Crippen LogP contribution is 2.69. The second-order valence-electron chi connectivity index (χ2n) is 21.2. The standard InChI is InChI=1S/C70H53NS/c1-2-15-48(16-3-1)55-17-4-5-18-57(55)58-19-6-7-20-59(58)62-22-9-12-27-67(62)71(54-36-31-49(32-37-54)56-24-14-25-64-63-23-10-13-28-68(63)72-69(56)64)53-34-29-47(30-35-53)50-33-38-61-60-21-8-11-26-65(60)70(66(61)44-50)51-40-45-39-46(42-51)43-52(70)41-45/h1-38,44-46,51-52H,39-43H2. The Morgan fingerprint density at radius 1 is 0.333 bits per heavy atom. The van der Waals surface area contributed by atoms with Gasteiger partial charge < -0.3 is 4.90 Å². The summed E-state index contributed by atoms with van der Waals surface area (Å²) < 4.78 is 2.66. The number of hydrogen-bond acceptors (Lipinski definition) is 2. The molecule has 5 aliphatic carbocycles. The van der Waals surface area contributed by atoms with Gasteiger partial charge in [0.1, 0.15) is 0 Å². The average Bonchev–Trinajstić information content (AvgIpc) is 3.97. The van der Waals surface area contributed by atoms with Gasteiger partial charge in [0.2, 0.25) is 0 Å². The second kappa shape index (κ2) is 16.7. The van der Waals surface area contributed by atoms with Gasteiger partial charge in [-0.1, -0.05) is 194 Å². The molecule has 0 saturated heterocycles. The molecule has 11 aromatic rings. The first-order valence-corrected chi connectivity index (χ1v) is 27.0. The Hall–Kier alpha value is -7.78. The average molecular weight is 940 g/mol. The van der Waals surface area contributed by atoms with Crippen molar-refractivity contribution in [2.24, 2.45) is 23.7 Å². The van der Waals surface area contributed by atoms with Gasteiger partial charge in [-0.15, -0.1) is 11.3 Å². The molecule has 1 nitrogen and oxygen atoms in total. The van der Waals surface area contributed by atoms with Crippen LogP contribution in [0.5, 0.6) is 0 Å². The van der Waals surface area contributed by atoms with Gasteiger partial charge in [-0.2, -0.15) is 0 Å². The molecule has 1 spiro atoms. The summed E-state index contributed by atoms with van der Waals surface area (Å²) in [5.74, 6) is 3.32. The smallest absolute Gasteiger partial charge is 0.0540 e. The van der Waals surface area contributed by atoms with E-state index in [1.54, 1.807) is 11.1 Å². The molecule has 0 unspecified atom stereocenters. The normalized spacial score (nSPS) is 20.3.